The molecule has 2 aliphatic rings. The molecule has 0 unspecified atom stereocenters. The van der Waals surface area contributed by atoms with E-state index in [0.29, 0.717) is 18.8 Å². The summed E-state index contributed by atoms with van der Waals surface area (Å²) < 4.78 is 11.4. The first-order valence-electron chi connectivity index (χ1n) is 7.51. The Kier molecular flexibility index (Phi) is 4.12. The first kappa shape index (κ1) is 14.4. The van der Waals surface area contributed by atoms with Crippen molar-refractivity contribution in [2.45, 2.75) is 43.9 Å². The Balaban J connectivity index is 1.49. The van der Waals surface area contributed by atoms with E-state index in [2.05, 4.69) is 5.32 Å². The van der Waals surface area contributed by atoms with Crippen LogP contribution in [0.25, 0.3) is 0 Å². The molecule has 1 aromatic carbocycles. The Morgan fingerprint density at radius 3 is 2.57 bits per heavy atom. The van der Waals surface area contributed by atoms with Gasteiger partial charge in [0.25, 0.3) is 0 Å². The van der Waals surface area contributed by atoms with E-state index in [1.165, 1.54) is 0 Å². The van der Waals surface area contributed by atoms with E-state index in [4.69, 9.17) is 9.47 Å². The van der Waals surface area contributed by atoms with E-state index in [9.17, 15) is 9.90 Å². The molecule has 2 fully saturated rings. The molecule has 1 saturated heterocycles. The fourth-order valence-electron chi connectivity index (χ4n) is 3.10. The summed E-state index contributed by atoms with van der Waals surface area (Å²) in [7, 11) is 0. The molecule has 0 atom stereocenters. The lowest BCUT2D eigenvalue weighted by molar-refractivity contribution is -0.180. The van der Waals surface area contributed by atoms with Crippen LogP contribution in [-0.2, 0) is 20.7 Å². The molecular weight excluding hydrogens is 270 g/mol. The summed E-state index contributed by atoms with van der Waals surface area (Å²) in [5.74, 6) is -0.271. The van der Waals surface area contributed by atoms with Crippen LogP contribution in [0.4, 0.5) is 0 Å². The highest BCUT2D eigenvalue weighted by Gasteiger charge is 2.40. The van der Waals surface area contributed by atoms with Gasteiger partial charge in [-0.3, -0.25) is 4.79 Å². The van der Waals surface area contributed by atoms with Gasteiger partial charge in [-0.1, -0.05) is 18.2 Å². The molecular formula is C16H21NO4. The van der Waals surface area contributed by atoms with Gasteiger partial charge >= 0.3 is 0 Å². The van der Waals surface area contributed by atoms with Crippen molar-refractivity contribution in [3.05, 3.63) is 29.8 Å². The fraction of sp³-hybridized carbons (Fsp3) is 0.562. The summed E-state index contributed by atoms with van der Waals surface area (Å²) in [6, 6.07) is 7.11. The van der Waals surface area contributed by atoms with Crippen molar-refractivity contribution in [1.82, 2.24) is 5.32 Å². The molecule has 1 spiro atoms. The quantitative estimate of drug-likeness (QED) is 0.890. The Morgan fingerprint density at radius 2 is 1.90 bits per heavy atom. The van der Waals surface area contributed by atoms with Crippen LogP contribution >= 0.6 is 0 Å². The third-order valence-electron chi connectivity index (χ3n) is 4.27. The molecule has 3 rings (SSSR count). The van der Waals surface area contributed by atoms with Gasteiger partial charge in [-0.25, -0.2) is 0 Å². The molecule has 0 aromatic heterocycles. The minimum absolute atomic E-state index is 0.0503. The Bertz CT molecular complexity index is 501. The normalized spacial score (nSPS) is 21.5. The third-order valence-corrected chi connectivity index (χ3v) is 4.27. The highest BCUT2D eigenvalue weighted by atomic mass is 16.7. The average Bonchev–Trinajstić information content (AvgIpc) is 2.93. The topological polar surface area (TPSA) is 67.8 Å². The standard InChI is InChI=1S/C16H21NO4/c18-14-4-2-1-3-12(14)11-15(19)17-13-5-7-16(8-6-13)20-9-10-21-16/h1-4,13,18H,5-11H2,(H,17,19). The maximum Gasteiger partial charge on any atom is 0.224 e. The summed E-state index contributed by atoms with van der Waals surface area (Å²) in [4.78, 5) is 12.1. The molecule has 2 N–H and O–H groups in total. The largest absolute Gasteiger partial charge is 0.508 e. The van der Waals surface area contributed by atoms with Gasteiger partial charge in [0.2, 0.25) is 5.91 Å². The minimum atomic E-state index is -0.390. The summed E-state index contributed by atoms with van der Waals surface area (Å²) in [6.45, 7) is 1.34. The van der Waals surface area contributed by atoms with E-state index in [-0.39, 0.29) is 29.9 Å². The maximum absolute atomic E-state index is 12.1. The molecule has 1 aromatic rings. The van der Waals surface area contributed by atoms with Crippen LogP contribution in [0.2, 0.25) is 0 Å². The predicted molar refractivity (Wildman–Crippen MR) is 76.8 cm³/mol. The summed E-state index contributed by atoms with van der Waals surface area (Å²) in [6.07, 6.45) is 3.60. The van der Waals surface area contributed by atoms with Crippen molar-refractivity contribution < 1.29 is 19.4 Å². The number of carbonyl (C=O) groups is 1. The van der Waals surface area contributed by atoms with Crippen LogP contribution in [0.3, 0.4) is 0 Å². The zero-order valence-corrected chi connectivity index (χ0v) is 12.0. The van der Waals surface area contributed by atoms with E-state index in [0.717, 1.165) is 25.7 Å². The second kappa shape index (κ2) is 6.03. The first-order chi connectivity index (χ1) is 10.2. The van der Waals surface area contributed by atoms with Crippen LogP contribution in [0.15, 0.2) is 24.3 Å². The van der Waals surface area contributed by atoms with Gasteiger partial charge in [0.05, 0.1) is 19.6 Å². The number of phenolic OH excluding ortho intramolecular Hbond substituents is 1. The number of hydrogen-bond acceptors (Lipinski definition) is 4. The van der Waals surface area contributed by atoms with Crippen LogP contribution in [0.1, 0.15) is 31.2 Å². The molecule has 0 radical (unpaired) electrons. The monoisotopic (exact) mass is 291 g/mol. The van der Waals surface area contributed by atoms with Gasteiger partial charge in [0.15, 0.2) is 5.79 Å². The summed E-state index contributed by atoms with van der Waals surface area (Å²) in [5.41, 5.74) is 0.657. The molecule has 0 bridgehead atoms. The SMILES string of the molecule is O=C(Cc1ccccc1O)NC1CCC2(CC1)OCCO2. The Morgan fingerprint density at radius 1 is 1.24 bits per heavy atom. The molecule has 1 amide bonds. The van der Waals surface area contributed by atoms with Crippen LogP contribution < -0.4 is 5.32 Å². The molecule has 21 heavy (non-hydrogen) atoms. The zero-order chi connectivity index (χ0) is 14.7. The van der Waals surface area contributed by atoms with Gasteiger partial charge in [-0.15, -0.1) is 0 Å². The van der Waals surface area contributed by atoms with Gasteiger partial charge in [-0.2, -0.15) is 0 Å². The van der Waals surface area contributed by atoms with Crippen molar-refractivity contribution in [2.24, 2.45) is 0 Å². The second-order valence-electron chi connectivity index (χ2n) is 5.75. The lowest BCUT2D eigenvalue weighted by Crippen LogP contribution is -2.44. The number of carbonyl (C=O) groups excluding carboxylic acids is 1. The Hall–Kier alpha value is -1.59. The number of hydrogen-bond donors (Lipinski definition) is 2. The Labute approximate surface area is 124 Å². The average molecular weight is 291 g/mol. The number of aromatic hydroxyl groups is 1. The van der Waals surface area contributed by atoms with Gasteiger partial charge in [-0.05, 0) is 18.9 Å². The van der Waals surface area contributed by atoms with Gasteiger partial charge < -0.3 is 19.9 Å². The number of amides is 1. The number of benzene rings is 1. The van der Waals surface area contributed by atoms with Crippen molar-refractivity contribution in [1.29, 1.82) is 0 Å². The smallest absolute Gasteiger partial charge is 0.224 e. The van der Waals surface area contributed by atoms with Gasteiger partial charge in [0, 0.05) is 24.4 Å². The highest BCUT2D eigenvalue weighted by molar-refractivity contribution is 5.79. The summed E-state index contributed by atoms with van der Waals surface area (Å²) >= 11 is 0. The van der Waals surface area contributed by atoms with Crippen LogP contribution in [-0.4, -0.2) is 36.1 Å². The van der Waals surface area contributed by atoms with E-state index in [1.807, 2.05) is 6.07 Å². The van der Waals surface area contributed by atoms with E-state index < -0.39 is 0 Å². The summed E-state index contributed by atoms with van der Waals surface area (Å²) in [5, 5.41) is 12.7. The van der Waals surface area contributed by atoms with Crippen molar-refractivity contribution in [3.63, 3.8) is 0 Å². The molecule has 1 aliphatic heterocycles. The van der Waals surface area contributed by atoms with Crippen molar-refractivity contribution in [3.8, 4) is 5.75 Å². The second-order valence-corrected chi connectivity index (χ2v) is 5.75. The third kappa shape index (κ3) is 3.36. The van der Waals surface area contributed by atoms with E-state index in [1.54, 1.807) is 18.2 Å². The number of rotatable bonds is 3. The highest BCUT2D eigenvalue weighted by Crippen LogP contribution is 2.35. The zero-order valence-electron chi connectivity index (χ0n) is 12.0. The molecule has 1 heterocycles. The predicted octanol–water partition coefficient (Wildman–Crippen LogP) is 1.74. The van der Waals surface area contributed by atoms with Crippen LogP contribution in [0, 0.1) is 0 Å². The molecule has 114 valence electrons. The maximum atomic E-state index is 12.1. The van der Waals surface area contributed by atoms with Crippen molar-refractivity contribution in [2.75, 3.05) is 13.2 Å². The van der Waals surface area contributed by atoms with Gasteiger partial charge in [0.1, 0.15) is 5.75 Å². The molecule has 5 heteroatoms. The fourth-order valence-corrected chi connectivity index (χ4v) is 3.10. The number of ether oxygens (including phenoxy) is 2. The molecule has 1 saturated carbocycles. The number of nitrogens with one attached hydrogen (secondary N) is 1. The number of para-hydroxylation sites is 1. The lowest BCUT2D eigenvalue weighted by Gasteiger charge is -2.35. The van der Waals surface area contributed by atoms with Crippen LogP contribution in [0.5, 0.6) is 5.75 Å². The molecule has 1 aliphatic carbocycles. The van der Waals surface area contributed by atoms with Crippen molar-refractivity contribution >= 4 is 5.91 Å². The first-order valence-corrected chi connectivity index (χ1v) is 7.51. The lowest BCUT2D eigenvalue weighted by atomic mass is 9.90. The number of phenols is 1. The molecule has 5 nitrogen and oxygen atoms in total. The van der Waals surface area contributed by atoms with E-state index >= 15 is 0 Å². The minimum Gasteiger partial charge on any atom is -0.508 e.